The molecule has 98 valence electrons. The summed E-state index contributed by atoms with van der Waals surface area (Å²) in [6.07, 6.45) is 0.363. The first kappa shape index (κ1) is 15.0. The molecule has 1 atom stereocenters. The summed E-state index contributed by atoms with van der Waals surface area (Å²) in [5.41, 5.74) is 4.32. The van der Waals surface area contributed by atoms with Gasteiger partial charge in [0.05, 0.1) is 6.61 Å². The van der Waals surface area contributed by atoms with Crippen LogP contribution >= 0.6 is 0 Å². The minimum atomic E-state index is -0.653. The van der Waals surface area contributed by atoms with Gasteiger partial charge in [0.25, 0.3) is 7.98 Å². The zero-order valence-corrected chi connectivity index (χ0v) is 10.9. The van der Waals surface area contributed by atoms with Gasteiger partial charge in [-0.1, -0.05) is 42.1 Å². The number of ether oxygens (including phenoxy) is 1. The maximum Gasteiger partial charge on any atom is 0.330 e. The molecule has 19 heavy (non-hydrogen) atoms. The molecule has 0 aliphatic rings. The van der Waals surface area contributed by atoms with E-state index in [1.165, 1.54) is 0 Å². The second-order valence-corrected chi connectivity index (χ2v) is 3.82. The van der Waals surface area contributed by atoms with Gasteiger partial charge in [-0.15, -0.1) is 0 Å². The minimum Gasteiger partial charge on any atom is -0.464 e. The Kier molecular flexibility index (Phi) is 6.36. The van der Waals surface area contributed by atoms with Crippen LogP contribution in [0.1, 0.15) is 18.9 Å². The topological polar surface area (TPSA) is 63.0 Å². The van der Waals surface area contributed by atoms with Crippen molar-refractivity contribution >= 4 is 19.5 Å². The molecule has 0 saturated carbocycles. The Hall–Kier alpha value is -2.11. The number of carbonyl (C=O) groups is 1. The highest BCUT2D eigenvalue weighted by Gasteiger charge is 2.20. The van der Waals surface area contributed by atoms with Crippen LogP contribution in [-0.4, -0.2) is 26.6 Å². The molecule has 0 bridgehead atoms. The molecule has 0 aliphatic heterocycles. The highest BCUT2D eigenvalue weighted by Crippen LogP contribution is 2.18. The SMILES string of the molecule is [B]N=NN[C@@H](CC(=C)c1ccccc1)C(=O)OCC. The van der Waals surface area contributed by atoms with Crippen molar-refractivity contribution in [3.8, 4) is 0 Å². The van der Waals surface area contributed by atoms with E-state index in [1.807, 2.05) is 30.3 Å². The molecule has 1 rings (SSSR count). The molecule has 0 saturated heterocycles. The summed E-state index contributed by atoms with van der Waals surface area (Å²) in [5, 5.41) is 6.51. The van der Waals surface area contributed by atoms with Crippen molar-refractivity contribution < 1.29 is 9.53 Å². The Bertz CT molecular complexity index is 448. The van der Waals surface area contributed by atoms with Crippen LogP contribution in [0, 0.1) is 0 Å². The zero-order chi connectivity index (χ0) is 14.1. The van der Waals surface area contributed by atoms with Gasteiger partial charge in [0.2, 0.25) is 0 Å². The predicted molar refractivity (Wildman–Crippen MR) is 74.3 cm³/mol. The highest BCUT2D eigenvalue weighted by atomic mass is 16.5. The molecule has 0 heterocycles. The van der Waals surface area contributed by atoms with Crippen molar-refractivity contribution in [3.63, 3.8) is 0 Å². The Balaban J connectivity index is 2.71. The first-order valence-corrected chi connectivity index (χ1v) is 5.94. The number of hydrogen-bond acceptors (Lipinski definition) is 4. The number of hydrogen-bond donors (Lipinski definition) is 1. The Labute approximate surface area is 114 Å². The molecule has 0 unspecified atom stereocenters. The second-order valence-electron chi connectivity index (χ2n) is 3.82. The summed E-state index contributed by atoms with van der Waals surface area (Å²) < 4.78 is 4.95. The van der Waals surface area contributed by atoms with E-state index in [0.29, 0.717) is 13.0 Å². The van der Waals surface area contributed by atoms with E-state index in [0.717, 1.165) is 11.1 Å². The van der Waals surface area contributed by atoms with Crippen molar-refractivity contribution in [2.45, 2.75) is 19.4 Å². The molecule has 0 spiro atoms. The maximum absolute atomic E-state index is 11.7. The van der Waals surface area contributed by atoms with E-state index in [2.05, 4.69) is 22.3 Å². The highest BCUT2D eigenvalue weighted by molar-refractivity contribution is 6.04. The van der Waals surface area contributed by atoms with Crippen LogP contribution in [0.5, 0.6) is 0 Å². The molecule has 0 amide bonds. The van der Waals surface area contributed by atoms with E-state index in [-0.39, 0.29) is 0 Å². The van der Waals surface area contributed by atoms with Gasteiger partial charge >= 0.3 is 5.97 Å². The fourth-order valence-corrected chi connectivity index (χ4v) is 1.57. The molecular weight excluding hydrogens is 241 g/mol. The average molecular weight is 257 g/mol. The number of esters is 1. The van der Waals surface area contributed by atoms with Crippen LogP contribution in [0.25, 0.3) is 5.57 Å². The third kappa shape index (κ3) is 4.95. The van der Waals surface area contributed by atoms with Gasteiger partial charge in [0, 0.05) is 6.42 Å². The lowest BCUT2D eigenvalue weighted by Gasteiger charge is -2.16. The molecule has 5 nitrogen and oxygen atoms in total. The van der Waals surface area contributed by atoms with Gasteiger partial charge in [-0.3, -0.25) is 10.5 Å². The minimum absolute atomic E-state index is 0.300. The van der Waals surface area contributed by atoms with Gasteiger partial charge in [-0.25, -0.2) is 4.79 Å². The van der Waals surface area contributed by atoms with Crippen LogP contribution in [0.3, 0.4) is 0 Å². The molecule has 0 aliphatic carbocycles. The number of benzene rings is 1. The molecular formula is C13H16BN3O2. The molecule has 1 aromatic carbocycles. The van der Waals surface area contributed by atoms with Crippen LogP contribution < -0.4 is 5.43 Å². The third-order valence-electron chi connectivity index (χ3n) is 2.47. The lowest BCUT2D eigenvalue weighted by molar-refractivity contribution is -0.145. The van der Waals surface area contributed by atoms with E-state index in [9.17, 15) is 4.79 Å². The molecule has 2 radical (unpaired) electrons. The summed E-state index contributed by atoms with van der Waals surface area (Å²) in [6.45, 7) is 6.01. The summed E-state index contributed by atoms with van der Waals surface area (Å²) in [7, 11) is 4.91. The Morgan fingerprint density at radius 3 is 2.74 bits per heavy atom. The van der Waals surface area contributed by atoms with Crippen LogP contribution in [-0.2, 0) is 9.53 Å². The first-order valence-electron chi connectivity index (χ1n) is 5.94. The molecule has 0 aromatic heterocycles. The van der Waals surface area contributed by atoms with E-state index >= 15 is 0 Å². The van der Waals surface area contributed by atoms with Crippen LogP contribution in [0.15, 0.2) is 47.2 Å². The molecule has 1 N–H and O–H groups in total. The van der Waals surface area contributed by atoms with Crippen molar-refractivity contribution in [2.75, 3.05) is 6.61 Å². The van der Waals surface area contributed by atoms with E-state index in [1.54, 1.807) is 6.92 Å². The van der Waals surface area contributed by atoms with Crippen molar-refractivity contribution in [1.29, 1.82) is 0 Å². The second kappa shape index (κ2) is 8.08. The van der Waals surface area contributed by atoms with Gasteiger partial charge < -0.3 is 4.74 Å². The van der Waals surface area contributed by atoms with Crippen molar-refractivity contribution in [2.24, 2.45) is 10.2 Å². The molecule has 1 aromatic rings. The molecule has 6 heteroatoms. The zero-order valence-electron chi connectivity index (χ0n) is 10.9. The molecule has 0 fully saturated rings. The van der Waals surface area contributed by atoms with Crippen LogP contribution in [0.4, 0.5) is 0 Å². The summed E-state index contributed by atoms with van der Waals surface area (Å²) in [4.78, 5) is 11.7. The van der Waals surface area contributed by atoms with Crippen molar-refractivity contribution in [3.05, 3.63) is 42.5 Å². The standard InChI is InChI=1S/C13H16BN3O2/c1-3-19-13(18)12(15-17-16-14)9-10(2)11-7-5-4-6-8-11/h4-8,12H,2-3,9H2,1H3,(H,15,16)/t12-/m0/s1. The largest absolute Gasteiger partial charge is 0.464 e. The quantitative estimate of drug-likeness (QED) is 0.352. The maximum atomic E-state index is 11.7. The van der Waals surface area contributed by atoms with E-state index in [4.69, 9.17) is 12.7 Å². The number of carbonyl (C=O) groups excluding carboxylic acids is 1. The summed E-state index contributed by atoms with van der Waals surface area (Å²) in [6, 6.07) is 8.93. The van der Waals surface area contributed by atoms with Crippen LogP contribution in [0.2, 0.25) is 0 Å². The third-order valence-corrected chi connectivity index (χ3v) is 2.47. The van der Waals surface area contributed by atoms with Gasteiger partial charge in [0.15, 0.2) is 0 Å². The lowest BCUT2D eigenvalue weighted by atomic mass is 10.0. The summed E-state index contributed by atoms with van der Waals surface area (Å²) >= 11 is 0. The van der Waals surface area contributed by atoms with Gasteiger partial charge in [-0.2, -0.15) is 0 Å². The summed E-state index contributed by atoms with van der Waals surface area (Å²) in [5.74, 6) is -0.410. The Morgan fingerprint density at radius 1 is 1.47 bits per heavy atom. The van der Waals surface area contributed by atoms with E-state index < -0.39 is 12.0 Å². The van der Waals surface area contributed by atoms with Gasteiger partial charge in [0.1, 0.15) is 6.04 Å². The predicted octanol–water partition coefficient (Wildman–Crippen LogP) is 2.06. The monoisotopic (exact) mass is 257 g/mol. The number of nitrogens with zero attached hydrogens (tertiary/aromatic N) is 2. The number of rotatable bonds is 7. The number of nitrogens with one attached hydrogen (secondary N) is 1. The lowest BCUT2D eigenvalue weighted by Crippen LogP contribution is -2.35. The van der Waals surface area contributed by atoms with Crippen molar-refractivity contribution in [1.82, 2.24) is 5.43 Å². The first-order chi connectivity index (χ1) is 9.19. The fraction of sp³-hybridized carbons (Fsp3) is 0.308. The van der Waals surface area contributed by atoms with Gasteiger partial charge in [-0.05, 0) is 18.1 Å². The average Bonchev–Trinajstić information content (AvgIpc) is 2.44. The normalized spacial score (nSPS) is 12.1. The Morgan fingerprint density at radius 2 is 2.16 bits per heavy atom. The fourth-order valence-electron chi connectivity index (χ4n) is 1.57. The smallest absolute Gasteiger partial charge is 0.330 e.